The van der Waals surface area contributed by atoms with Crippen molar-refractivity contribution in [3.63, 3.8) is 0 Å². The monoisotopic (exact) mass is 631 g/mol. The molecule has 0 unspecified atom stereocenters. The highest BCUT2D eigenvalue weighted by atomic mass is 15.1. The van der Waals surface area contributed by atoms with Crippen LogP contribution in [0.3, 0.4) is 0 Å². The van der Waals surface area contributed by atoms with Gasteiger partial charge in [-0.05, 0) is 136 Å². The third-order valence-corrected chi connectivity index (χ3v) is 12.2. The Morgan fingerprint density at radius 1 is 0.408 bits per heavy atom. The van der Waals surface area contributed by atoms with Crippen molar-refractivity contribution >= 4 is 38.6 Å². The maximum Gasteiger partial charge on any atom is 0.0546 e. The fourth-order valence-corrected chi connectivity index (χ4v) is 10.4. The van der Waals surface area contributed by atoms with E-state index in [-0.39, 0.29) is 0 Å². The van der Waals surface area contributed by atoms with Gasteiger partial charge in [0.2, 0.25) is 0 Å². The maximum absolute atomic E-state index is 2.54. The van der Waals surface area contributed by atoms with Crippen molar-refractivity contribution in [1.82, 2.24) is 0 Å². The van der Waals surface area contributed by atoms with Gasteiger partial charge in [0, 0.05) is 16.8 Å². The molecule has 0 atom stereocenters. The van der Waals surface area contributed by atoms with Crippen molar-refractivity contribution < 1.29 is 0 Å². The van der Waals surface area contributed by atoms with E-state index in [1.807, 2.05) is 0 Å². The number of hydrogen-bond acceptors (Lipinski definition) is 1. The van der Waals surface area contributed by atoms with Crippen LogP contribution in [0.15, 0.2) is 158 Å². The summed E-state index contributed by atoms with van der Waals surface area (Å²) >= 11 is 0. The van der Waals surface area contributed by atoms with Crippen LogP contribution in [0, 0.1) is 17.8 Å². The first-order valence-corrected chi connectivity index (χ1v) is 18.3. The van der Waals surface area contributed by atoms with Crippen LogP contribution in [0.2, 0.25) is 0 Å². The van der Waals surface area contributed by atoms with E-state index in [4.69, 9.17) is 0 Å². The van der Waals surface area contributed by atoms with Crippen LogP contribution in [0.5, 0.6) is 0 Å². The predicted octanol–water partition coefficient (Wildman–Crippen LogP) is 13.3. The lowest BCUT2D eigenvalue weighted by Crippen LogP contribution is -2.48. The molecule has 4 aliphatic carbocycles. The molecular weight excluding hydrogens is 591 g/mol. The number of nitrogens with zero attached hydrogens (tertiary/aromatic N) is 1. The quantitative estimate of drug-likeness (QED) is 0.165. The topological polar surface area (TPSA) is 3.24 Å². The predicted molar refractivity (Wildman–Crippen MR) is 207 cm³/mol. The lowest BCUT2D eigenvalue weighted by Gasteiger charge is -2.57. The van der Waals surface area contributed by atoms with E-state index in [0.717, 1.165) is 29.1 Å². The van der Waals surface area contributed by atoms with Crippen LogP contribution in [0.25, 0.3) is 43.8 Å². The average molecular weight is 632 g/mol. The van der Waals surface area contributed by atoms with Gasteiger partial charge in [-0.2, -0.15) is 0 Å². The lowest BCUT2D eigenvalue weighted by atomic mass is 9.48. The Hall–Kier alpha value is -5.14. The van der Waals surface area contributed by atoms with E-state index in [1.165, 1.54) is 88.0 Å². The standard InChI is InChI=1S/C48H41N/c1-2-9-36(10-3-1)37-17-21-42(22-18-37)49(47-29-40-11-4-5-14-44(40)45-15-6-7-16-46(45)47)43-23-19-38(20-24-43)39-12-8-13-41(28-39)48-30-33-25-34(31-48)27-35(26-33)32-48/h1-24,28-29,33-35H,25-27,30-32H2. The zero-order valence-corrected chi connectivity index (χ0v) is 27.9. The van der Waals surface area contributed by atoms with Crippen LogP contribution >= 0.6 is 0 Å². The Bertz CT molecular complexity index is 2260. The Labute approximate surface area is 289 Å². The highest BCUT2D eigenvalue weighted by Gasteiger charge is 2.51. The first-order chi connectivity index (χ1) is 24.2. The second-order valence-corrected chi connectivity index (χ2v) is 15.2. The van der Waals surface area contributed by atoms with Gasteiger partial charge in [0.05, 0.1) is 5.69 Å². The van der Waals surface area contributed by atoms with Gasteiger partial charge < -0.3 is 4.90 Å². The smallest absolute Gasteiger partial charge is 0.0546 e. The van der Waals surface area contributed by atoms with Crippen molar-refractivity contribution in [2.75, 3.05) is 4.90 Å². The lowest BCUT2D eigenvalue weighted by molar-refractivity contribution is -0.00516. The van der Waals surface area contributed by atoms with Crippen molar-refractivity contribution in [1.29, 1.82) is 0 Å². The molecule has 4 fully saturated rings. The molecule has 7 aromatic carbocycles. The molecule has 0 radical (unpaired) electrons. The normalized spacial score (nSPS) is 22.5. The first kappa shape index (κ1) is 28.8. The summed E-state index contributed by atoms with van der Waals surface area (Å²) in [5, 5.41) is 5.07. The molecule has 0 amide bonds. The highest BCUT2D eigenvalue weighted by Crippen LogP contribution is 2.61. The van der Waals surface area contributed by atoms with Crippen LogP contribution in [-0.4, -0.2) is 0 Å². The van der Waals surface area contributed by atoms with Crippen LogP contribution in [0.4, 0.5) is 17.1 Å². The fraction of sp³-hybridized carbons (Fsp3) is 0.208. The van der Waals surface area contributed by atoms with Gasteiger partial charge in [0.25, 0.3) is 0 Å². The molecule has 0 aliphatic heterocycles. The largest absolute Gasteiger partial charge is 0.310 e. The van der Waals surface area contributed by atoms with Crippen molar-refractivity contribution in [3.05, 3.63) is 163 Å². The van der Waals surface area contributed by atoms with Gasteiger partial charge in [-0.25, -0.2) is 0 Å². The minimum atomic E-state index is 0.407. The molecule has 0 aromatic heterocycles. The minimum absolute atomic E-state index is 0.407. The zero-order chi connectivity index (χ0) is 32.4. The zero-order valence-electron chi connectivity index (χ0n) is 27.9. The summed E-state index contributed by atoms with van der Waals surface area (Å²) in [6, 6.07) is 58.6. The molecule has 0 heterocycles. The van der Waals surface area contributed by atoms with E-state index in [0.29, 0.717) is 5.41 Å². The first-order valence-electron chi connectivity index (χ1n) is 18.3. The summed E-state index contributed by atoms with van der Waals surface area (Å²) in [6.07, 6.45) is 8.66. The molecule has 49 heavy (non-hydrogen) atoms. The Kier molecular flexibility index (Phi) is 6.76. The van der Waals surface area contributed by atoms with Gasteiger partial charge in [-0.1, -0.05) is 127 Å². The molecule has 4 bridgehead atoms. The highest BCUT2D eigenvalue weighted by molar-refractivity contribution is 6.14. The molecule has 0 N–H and O–H groups in total. The summed E-state index contributed by atoms with van der Waals surface area (Å²) < 4.78 is 0. The van der Waals surface area contributed by atoms with E-state index in [1.54, 1.807) is 5.56 Å². The van der Waals surface area contributed by atoms with Crippen LogP contribution in [0.1, 0.15) is 44.1 Å². The van der Waals surface area contributed by atoms with Crippen LogP contribution in [-0.2, 0) is 5.41 Å². The summed E-state index contributed by atoms with van der Waals surface area (Å²) in [5.74, 6) is 2.86. The molecular formula is C48H41N. The van der Waals surface area contributed by atoms with Gasteiger partial charge in [0.1, 0.15) is 0 Å². The maximum atomic E-state index is 2.54. The van der Waals surface area contributed by atoms with Crippen molar-refractivity contribution in [2.24, 2.45) is 17.8 Å². The molecule has 0 saturated heterocycles. The Balaban J connectivity index is 1.07. The number of hydrogen-bond donors (Lipinski definition) is 0. The summed E-state index contributed by atoms with van der Waals surface area (Å²) in [4.78, 5) is 2.44. The SMILES string of the molecule is c1ccc(-c2ccc(N(c3ccc(-c4cccc(C56CC7CC(CC(C7)C5)C6)c4)cc3)c3cc4ccccc4c4ccccc34)cc2)cc1. The van der Waals surface area contributed by atoms with Gasteiger partial charge in [0.15, 0.2) is 0 Å². The van der Waals surface area contributed by atoms with E-state index < -0.39 is 0 Å². The minimum Gasteiger partial charge on any atom is -0.310 e. The van der Waals surface area contributed by atoms with Crippen molar-refractivity contribution in [2.45, 2.75) is 43.9 Å². The van der Waals surface area contributed by atoms with Gasteiger partial charge in [-0.3, -0.25) is 0 Å². The Morgan fingerprint density at radius 3 is 1.57 bits per heavy atom. The third-order valence-electron chi connectivity index (χ3n) is 12.2. The van der Waals surface area contributed by atoms with E-state index in [9.17, 15) is 0 Å². The van der Waals surface area contributed by atoms with E-state index in [2.05, 4.69) is 163 Å². The summed E-state index contributed by atoms with van der Waals surface area (Å²) in [5.41, 5.74) is 10.6. The Morgan fingerprint density at radius 2 is 0.918 bits per heavy atom. The van der Waals surface area contributed by atoms with Gasteiger partial charge >= 0.3 is 0 Å². The molecule has 0 spiro atoms. The number of fused-ring (bicyclic) bond motifs is 3. The number of benzene rings is 7. The third kappa shape index (κ3) is 4.98. The fourth-order valence-electron chi connectivity index (χ4n) is 10.4. The van der Waals surface area contributed by atoms with Crippen LogP contribution < -0.4 is 4.90 Å². The summed E-state index contributed by atoms with van der Waals surface area (Å²) in [6.45, 7) is 0. The van der Waals surface area contributed by atoms with E-state index >= 15 is 0 Å². The molecule has 11 rings (SSSR count). The number of anilines is 3. The van der Waals surface area contributed by atoms with Gasteiger partial charge in [-0.15, -0.1) is 0 Å². The van der Waals surface area contributed by atoms with Crippen molar-refractivity contribution in [3.8, 4) is 22.3 Å². The molecule has 4 aliphatic rings. The second-order valence-electron chi connectivity index (χ2n) is 15.2. The average Bonchev–Trinajstić information content (AvgIpc) is 3.15. The second kappa shape index (κ2) is 11.5. The molecule has 4 saturated carbocycles. The summed E-state index contributed by atoms with van der Waals surface area (Å²) in [7, 11) is 0. The number of rotatable bonds is 6. The molecule has 1 heteroatoms. The molecule has 238 valence electrons. The molecule has 1 nitrogen and oxygen atoms in total. The molecule has 7 aromatic rings.